The van der Waals surface area contributed by atoms with Gasteiger partial charge in [0.15, 0.2) is 0 Å². The van der Waals surface area contributed by atoms with Gasteiger partial charge in [-0.3, -0.25) is 4.79 Å². The van der Waals surface area contributed by atoms with E-state index in [1.807, 2.05) is 37.3 Å². The second-order valence-electron chi connectivity index (χ2n) is 7.16. The summed E-state index contributed by atoms with van der Waals surface area (Å²) in [6.45, 7) is 4.72. The van der Waals surface area contributed by atoms with Crippen LogP contribution < -0.4 is 10.5 Å². The maximum absolute atomic E-state index is 13.9. The SMILES string of the molecule is CCCc1c(-c2cccc(F)c2)c(C(N)=O)c(C)n1CCc1ccc(OC)cc1. The molecule has 152 valence electrons. The highest BCUT2D eigenvalue weighted by molar-refractivity contribution is 6.02. The Kier molecular flexibility index (Phi) is 6.37. The third-order valence-corrected chi connectivity index (χ3v) is 5.26. The molecular formula is C24H27FN2O2. The lowest BCUT2D eigenvalue weighted by Gasteiger charge is -2.13. The third kappa shape index (κ3) is 4.34. The third-order valence-electron chi connectivity index (χ3n) is 5.26. The second-order valence-corrected chi connectivity index (χ2v) is 7.16. The predicted molar refractivity (Wildman–Crippen MR) is 114 cm³/mol. The molecule has 0 aliphatic carbocycles. The largest absolute Gasteiger partial charge is 0.497 e. The second kappa shape index (κ2) is 8.95. The van der Waals surface area contributed by atoms with Crippen molar-refractivity contribution in [3.05, 3.63) is 76.9 Å². The minimum absolute atomic E-state index is 0.330. The van der Waals surface area contributed by atoms with Gasteiger partial charge < -0.3 is 15.0 Å². The quantitative estimate of drug-likeness (QED) is 0.590. The molecule has 0 unspecified atom stereocenters. The average Bonchev–Trinajstić information content (AvgIpc) is 2.99. The summed E-state index contributed by atoms with van der Waals surface area (Å²) in [4.78, 5) is 12.3. The number of amides is 1. The van der Waals surface area contributed by atoms with Gasteiger partial charge in [-0.15, -0.1) is 0 Å². The van der Waals surface area contributed by atoms with E-state index >= 15 is 0 Å². The van der Waals surface area contributed by atoms with Gasteiger partial charge >= 0.3 is 0 Å². The van der Waals surface area contributed by atoms with E-state index in [0.717, 1.165) is 42.0 Å². The first-order chi connectivity index (χ1) is 14.0. The van der Waals surface area contributed by atoms with E-state index in [1.54, 1.807) is 13.2 Å². The zero-order chi connectivity index (χ0) is 21.0. The van der Waals surface area contributed by atoms with Crippen LogP contribution in [0, 0.1) is 12.7 Å². The lowest BCUT2D eigenvalue weighted by Crippen LogP contribution is -2.14. The minimum Gasteiger partial charge on any atom is -0.497 e. The van der Waals surface area contributed by atoms with Crippen molar-refractivity contribution < 1.29 is 13.9 Å². The summed E-state index contributed by atoms with van der Waals surface area (Å²) in [5.74, 6) is 0.00767. The number of primary amides is 1. The molecule has 0 saturated heterocycles. The lowest BCUT2D eigenvalue weighted by atomic mass is 9.98. The number of nitrogens with two attached hydrogens (primary N) is 1. The van der Waals surface area contributed by atoms with E-state index in [9.17, 15) is 9.18 Å². The highest BCUT2D eigenvalue weighted by Gasteiger charge is 2.24. The van der Waals surface area contributed by atoms with Crippen LogP contribution in [0.3, 0.4) is 0 Å². The summed E-state index contributed by atoms with van der Waals surface area (Å²) in [6, 6.07) is 14.3. The van der Waals surface area contributed by atoms with Crippen LogP contribution >= 0.6 is 0 Å². The Morgan fingerprint density at radius 2 is 1.86 bits per heavy atom. The maximum atomic E-state index is 13.9. The first kappa shape index (κ1) is 20.6. The summed E-state index contributed by atoms with van der Waals surface area (Å²) in [5, 5.41) is 0. The molecule has 3 aromatic rings. The monoisotopic (exact) mass is 394 g/mol. The lowest BCUT2D eigenvalue weighted by molar-refractivity contribution is 0.1000. The molecule has 0 saturated carbocycles. The van der Waals surface area contributed by atoms with Crippen LogP contribution in [0.25, 0.3) is 11.1 Å². The van der Waals surface area contributed by atoms with Crippen LogP contribution in [0.15, 0.2) is 48.5 Å². The highest BCUT2D eigenvalue weighted by Crippen LogP contribution is 2.34. The van der Waals surface area contributed by atoms with Crippen molar-refractivity contribution >= 4 is 5.91 Å². The molecule has 0 aliphatic heterocycles. The number of carbonyl (C=O) groups is 1. The van der Waals surface area contributed by atoms with Crippen LogP contribution in [0.2, 0.25) is 0 Å². The Morgan fingerprint density at radius 3 is 2.45 bits per heavy atom. The van der Waals surface area contributed by atoms with Crippen LogP contribution in [0.5, 0.6) is 5.75 Å². The van der Waals surface area contributed by atoms with Gasteiger partial charge in [-0.25, -0.2) is 4.39 Å². The molecule has 0 spiro atoms. The Bertz CT molecular complexity index is 1010. The fourth-order valence-electron chi connectivity index (χ4n) is 3.89. The molecule has 0 fully saturated rings. The van der Waals surface area contributed by atoms with Crippen LogP contribution in [-0.2, 0) is 19.4 Å². The summed E-state index contributed by atoms with van der Waals surface area (Å²) in [6.07, 6.45) is 2.49. The molecule has 0 radical (unpaired) electrons. The Labute approximate surface area is 171 Å². The van der Waals surface area contributed by atoms with E-state index in [4.69, 9.17) is 10.5 Å². The Hall–Kier alpha value is -3.08. The maximum Gasteiger partial charge on any atom is 0.251 e. The molecule has 1 aromatic heterocycles. The van der Waals surface area contributed by atoms with Crippen molar-refractivity contribution in [2.75, 3.05) is 7.11 Å². The number of aryl methyl sites for hydroxylation is 1. The average molecular weight is 394 g/mol. The van der Waals surface area contributed by atoms with E-state index < -0.39 is 5.91 Å². The number of methoxy groups -OCH3 is 1. The van der Waals surface area contributed by atoms with Crippen molar-refractivity contribution in [2.45, 2.75) is 39.7 Å². The fourth-order valence-corrected chi connectivity index (χ4v) is 3.89. The summed E-state index contributed by atoms with van der Waals surface area (Å²) in [7, 11) is 1.65. The van der Waals surface area contributed by atoms with Crippen molar-refractivity contribution in [3.63, 3.8) is 0 Å². The number of rotatable bonds is 8. The molecule has 0 bridgehead atoms. The first-order valence-corrected chi connectivity index (χ1v) is 9.86. The van der Waals surface area contributed by atoms with Gasteiger partial charge in [0.2, 0.25) is 0 Å². The molecule has 4 nitrogen and oxygen atoms in total. The van der Waals surface area contributed by atoms with Crippen molar-refractivity contribution in [2.24, 2.45) is 5.73 Å². The molecule has 1 amide bonds. The fraction of sp³-hybridized carbons (Fsp3) is 0.292. The number of aromatic nitrogens is 1. The normalized spacial score (nSPS) is 10.9. The van der Waals surface area contributed by atoms with Crippen LogP contribution in [0.1, 0.15) is 40.7 Å². The smallest absolute Gasteiger partial charge is 0.251 e. The number of benzene rings is 2. The van der Waals surface area contributed by atoms with E-state index in [0.29, 0.717) is 17.7 Å². The van der Waals surface area contributed by atoms with E-state index in [2.05, 4.69) is 11.5 Å². The van der Waals surface area contributed by atoms with Gasteiger partial charge in [-0.2, -0.15) is 0 Å². The van der Waals surface area contributed by atoms with Gasteiger partial charge in [-0.05, 0) is 55.2 Å². The molecule has 2 N–H and O–H groups in total. The Balaban J connectivity index is 2.05. The van der Waals surface area contributed by atoms with Crippen molar-refractivity contribution in [1.29, 1.82) is 0 Å². The minimum atomic E-state index is -0.484. The molecule has 0 atom stereocenters. The van der Waals surface area contributed by atoms with Crippen LogP contribution in [0.4, 0.5) is 4.39 Å². The number of halogens is 1. The molecule has 3 rings (SSSR count). The van der Waals surface area contributed by atoms with Gasteiger partial charge in [0.05, 0.1) is 12.7 Å². The zero-order valence-electron chi connectivity index (χ0n) is 17.2. The molecule has 2 aromatic carbocycles. The van der Waals surface area contributed by atoms with Crippen molar-refractivity contribution in [3.8, 4) is 16.9 Å². The molecular weight excluding hydrogens is 367 g/mol. The van der Waals surface area contributed by atoms with E-state index in [-0.39, 0.29) is 5.82 Å². The number of carbonyl (C=O) groups excluding carboxylic acids is 1. The summed E-state index contributed by atoms with van der Waals surface area (Å²) in [5.41, 5.74) is 10.7. The van der Waals surface area contributed by atoms with Gasteiger partial charge in [0.1, 0.15) is 11.6 Å². The topological polar surface area (TPSA) is 57.2 Å². The van der Waals surface area contributed by atoms with Crippen LogP contribution in [-0.4, -0.2) is 17.6 Å². The van der Waals surface area contributed by atoms with Gasteiger partial charge in [0, 0.05) is 23.5 Å². The number of ether oxygens (including phenoxy) is 1. The number of hydrogen-bond donors (Lipinski definition) is 1. The summed E-state index contributed by atoms with van der Waals surface area (Å²) >= 11 is 0. The van der Waals surface area contributed by atoms with E-state index in [1.165, 1.54) is 17.7 Å². The summed E-state index contributed by atoms with van der Waals surface area (Å²) < 4.78 is 21.3. The molecule has 0 aliphatic rings. The standard InChI is InChI=1S/C24H27FN2O2/c1-4-6-21-23(18-7-5-8-19(25)15-18)22(24(26)28)16(2)27(21)14-13-17-9-11-20(29-3)12-10-17/h5,7-12,15H,4,6,13-14H2,1-3H3,(H2,26,28). The molecule has 29 heavy (non-hydrogen) atoms. The van der Waals surface area contributed by atoms with Gasteiger partial charge in [0.25, 0.3) is 5.91 Å². The zero-order valence-corrected chi connectivity index (χ0v) is 17.2. The predicted octanol–water partition coefficient (Wildman–Crippen LogP) is 4.91. The number of nitrogens with zero attached hydrogens (tertiary/aromatic N) is 1. The highest BCUT2D eigenvalue weighted by atomic mass is 19.1. The molecule has 5 heteroatoms. The Morgan fingerprint density at radius 1 is 1.14 bits per heavy atom. The van der Waals surface area contributed by atoms with Gasteiger partial charge in [-0.1, -0.05) is 37.6 Å². The van der Waals surface area contributed by atoms with Crippen molar-refractivity contribution in [1.82, 2.24) is 4.57 Å². The number of hydrogen-bond acceptors (Lipinski definition) is 2. The first-order valence-electron chi connectivity index (χ1n) is 9.86. The molecule has 1 heterocycles.